The van der Waals surface area contributed by atoms with Crippen LogP contribution in [0, 0.1) is 6.92 Å². The maximum atomic E-state index is 11.9. The Morgan fingerprint density at radius 1 is 1.12 bits per heavy atom. The summed E-state index contributed by atoms with van der Waals surface area (Å²) in [5.74, 6) is -0.748. The van der Waals surface area contributed by atoms with E-state index in [1.807, 2.05) is 31.2 Å². The van der Waals surface area contributed by atoms with Gasteiger partial charge in [-0.05, 0) is 42.3 Å². The average Bonchev–Trinajstić information content (AvgIpc) is 2.55. The van der Waals surface area contributed by atoms with Gasteiger partial charge in [0.05, 0.1) is 17.3 Å². The van der Waals surface area contributed by atoms with Crippen LogP contribution in [0.5, 0.6) is 0 Å². The molecule has 0 aromatic heterocycles. The van der Waals surface area contributed by atoms with Gasteiger partial charge < -0.3 is 10.6 Å². The summed E-state index contributed by atoms with van der Waals surface area (Å²) in [5.41, 5.74) is 2.41. The second-order valence-corrected chi connectivity index (χ2v) is 5.92. The summed E-state index contributed by atoms with van der Waals surface area (Å²) in [7, 11) is 0. The molecule has 0 aliphatic rings. The molecule has 2 aromatic carbocycles. The predicted molar refractivity (Wildman–Crippen MR) is 98.3 cm³/mol. The molecule has 0 radical (unpaired) electrons. The first-order valence-electron chi connectivity index (χ1n) is 7.22. The van der Waals surface area contributed by atoms with Gasteiger partial charge in [-0.3, -0.25) is 9.59 Å². The van der Waals surface area contributed by atoms with E-state index < -0.39 is 5.91 Å². The Bertz CT molecular complexity index is 788. The van der Waals surface area contributed by atoms with Crippen LogP contribution in [0.25, 0.3) is 6.08 Å². The molecule has 0 fully saturated rings. The van der Waals surface area contributed by atoms with Gasteiger partial charge in [0.25, 0.3) is 0 Å². The number of halogens is 2. The second-order valence-electron chi connectivity index (χ2n) is 5.08. The molecule has 0 aliphatic heterocycles. The molecule has 0 unspecified atom stereocenters. The Hall–Kier alpha value is -2.30. The molecule has 0 aliphatic carbocycles. The van der Waals surface area contributed by atoms with E-state index >= 15 is 0 Å². The third-order valence-electron chi connectivity index (χ3n) is 3.23. The maximum absolute atomic E-state index is 11.9. The van der Waals surface area contributed by atoms with E-state index in [0.717, 1.165) is 11.1 Å². The smallest absolute Gasteiger partial charge is 0.244 e. The molecule has 0 bridgehead atoms. The van der Waals surface area contributed by atoms with Crippen LogP contribution in [-0.2, 0) is 9.59 Å². The minimum Gasteiger partial charge on any atom is -0.343 e. The van der Waals surface area contributed by atoms with Crippen molar-refractivity contribution in [1.82, 2.24) is 5.32 Å². The number of rotatable bonds is 5. The first-order chi connectivity index (χ1) is 11.5. The lowest BCUT2D eigenvalue weighted by Gasteiger charge is -2.08. The van der Waals surface area contributed by atoms with Gasteiger partial charge in [0, 0.05) is 11.1 Å². The molecule has 2 rings (SSSR count). The summed E-state index contributed by atoms with van der Waals surface area (Å²) in [6, 6.07) is 12.4. The Morgan fingerprint density at radius 3 is 2.62 bits per heavy atom. The van der Waals surface area contributed by atoms with Crippen molar-refractivity contribution in [2.75, 3.05) is 11.9 Å². The minimum atomic E-state index is -0.392. The van der Waals surface area contributed by atoms with Crippen molar-refractivity contribution in [2.24, 2.45) is 0 Å². The topological polar surface area (TPSA) is 58.2 Å². The highest BCUT2D eigenvalue weighted by Gasteiger charge is 2.07. The maximum Gasteiger partial charge on any atom is 0.244 e. The second kappa shape index (κ2) is 8.52. The minimum absolute atomic E-state index is 0.167. The van der Waals surface area contributed by atoms with Crippen molar-refractivity contribution in [3.8, 4) is 0 Å². The van der Waals surface area contributed by atoms with Crippen LogP contribution in [0.15, 0.2) is 48.5 Å². The number of amides is 2. The Kier molecular flexibility index (Phi) is 6.41. The van der Waals surface area contributed by atoms with Crippen molar-refractivity contribution >= 4 is 46.8 Å². The number of anilines is 1. The summed E-state index contributed by atoms with van der Waals surface area (Å²) in [6.07, 6.45) is 3.10. The molecule has 2 N–H and O–H groups in total. The number of benzene rings is 2. The summed E-state index contributed by atoms with van der Waals surface area (Å²) in [5, 5.41) is 5.94. The van der Waals surface area contributed by atoms with E-state index in [1.165, 1.54) is 6.08 Å². The summed E-state index contributed by atoms with van der Waals surface area (Å²) in [6.45, 7) is 1.79. The van der Waals surface area contributed by atoms with Crippen LogP contribution >= 0.6 is 23.2 Å². The quantitative estimate of drug-likeness (QED) is 0.787. The molecule has 4 nitrogen and oxygen atoms in total. The van der Waals surface area contributed by atoms with E-state index in [0.29, 0.717) is 15.7 Å². The van der Waals surface area contributed by atoms with Crippen molar-refractivity contribution in [3.63, 3.8) is 0 Å². The molecule has 2 amide bonds. The Balaban J connectivity index is 1.86. The van der Waals surface area contributed by atoms with Gasteiger partial charge in [-0.1, -0.05) is 47.5 Å². The van der Waals surface area contributed by atoms with Crippen molar-refractivity contribution in [3.05, 3.63) is 69.7 Å². The molecule has 124 valence electrons. The van der Waals surface area contributed by atoms with Gasteiger partial charge >= 0.3 is 0 Å². The number of carbonyl (C=O) groups excluding carboxylic acids is 2. The standard InChI is InChI=1S/C18H16Cl2N2O2/c1-12-4-2-3-5-13(12)6-9-17(23)21-11-18(24)22-16-10-14(19)7-8-15(16)20/h2-10H,11H2,1H3,(H,21,23)(H,22,24)/b9-6+. The van der Waals surface area contributed by atoms with Gasteiger partial charge in [0.15, 0.2) is 0 Å². The highest BCUT2D eigenvalue weighted by molar-refractivity contribution is 6.35. The highest BCUT2D eigenvalue weighted by atomic mass is 35.5. The van der Waals surface area contributed by atoms with Crippen molar-refractivity contribution < 1.29 is 9.59 Å². The van der Waals surface area contributed by atoms with Crippen molar-refractivity contribution in [2.45, 2.75) is 6.92 Å². The summed E-state index contributed by atoms with van der Waals surface area (Å²) < 4.78 is 0. The largest absolute Gasteiger partial charge is 0.343 e. The summed E-state index contributed by atoms with van der Waals surface area (Å²) in [4.78, 5) is 23.6. The lowest BCUT2D eigenvalue weighted by atomic mass is 10.1. The zero-order valence-electron chi connectivity index (χ0n) is 13.0. The fourth-order valence-corrected chi connectivity index (χ4v) is 2.29. The van der Waals surface area contributed by atoms with E-state index in [4.69, 9.17) is 23.2 Å². The lowest BCUT2D eigenvalue weighted by Crippen LogP contribution is -2.31. The van der Waals surface area contributed by atoms with Crippen LogP contribution in [0.4, 0.5) is 5.69 Å². The third kappa shape index (κ3) is 5.41. The number of nitrogens with one attached hydrogen (secondary N) is 2. The molecule has 0 saturated carbocycles. The molecule has 0 heterocycles. The normalized spacial score (nSPS) is 10.6. The van der Waals surface area contributed by atoms with Crippen LogP contribution < -0.4 is 10.6 Å². The zero-order chi connectivity index (χ0) is 17.5. The van der Waals surface area contributed by atoms with Crippen molar-refractivity contribution in [1.29, 1.82) is 0 Å². The predicted octanol–water partition coefficient (Wildman–Crippen LogP) is 4.07. The molecule has 0 atom stereocenters. The number of aryl methyl sites for hydroxylation is 1. The third-order valence-corrected chi connectivity index (χ3v) is 3.79. The number of carbonyl (C=O) groups is 2. The van der Waals surface area contributed by atoms with E-state index in [2.05, 4.69) is 10.6 Å². The lowest BCUT2D eigenvalue weighted by molar-refractivity contribution is -0.121. The molecular formula is C18H16Cl2N2O2. The van der Waals surface area contributed by atoms with Crippen LogP contribution in [-0.4, -0.2) is 18.4 Å². The molecule has 0 spiro atoms. The van der Waals surface area contributed by atoms with Gasteiger partial charge in [-0.15, -0.1) is 0 Å². The fraction of sp³-hybridized carbons (Fsp3) is 0.111. The van der Waals surface area contributed by atoms with Gasteiger partial charge in [-0.2, -0.15) is 0 Å². The monoisotopic (exact) mass is 362 g/mol. The highest BCUT2D eigenvalue weighted by Crippen LogP contribution is 2.25. The molecule has 6 heteroatoms. The molecule has 2 aromatic rings. The van der Waals surface area contributed by atoms with E-state index in [1.54, 1.807) is 24.3 Å². The van der Waals surface area contributed by atoms with Crippen LogP contribution in [0.3, 0.4) is 0 Å². The number of hydrogen-bond acceptors (Lipinski definition) is 2. The fourth-order valence-electron chi connectivity index (χ4n) is 1.95. The zero-order valence-corrected chi connectivity index (χ0v) is 14.5. The molecule has 0 saturated heterocycles. The Labute approximate surface area is 150 Å². The molecular weight excluding hydrogens is 347 g/mol. The molecule has 24 heavy (non-hydrogen) atoms. The first kappa shape index (κ1) is 18.0. The SMILES string of the molecule is Cc1ccccc1/C=C/C(=O)NCC(=O)Nc1cc(Cl)ccc1Cl. The van der Waals surface area contributed by atoms with Gasteiger partial charge in [0.1, 0.15) is 0 Å². The van der Waals surface area contributed by atoms with Gasteiger partial charge in [-0.25, -0.2) is 0 Å². The van der Waals surface area contributed by atoms with Gasteiger partial charge in [0.2, 0.25) is 11.8 Å². The van der Waals surface area contributed by atoms with Crippen LogP contribution in [0.1, 0.15) is 11.1 Å². The Morgan fingerprint density at radius 2 is 1.88 bits per heavy atom. The van der Waals surface area contributed by atoms with E-state index in [-0.39, 0.29) is 12.5 Å². The summed E-state index contributed by atoms with van der Waals surface area (Å²) >= 11 is 11.8. The first-order valence-corrected chi connectivity index (χ1v) is 7.98. The number of hydrogen-bond donors (Lipinski definition) is 2. The average molecular weight is 363 g/mol. The van der Waals surface area contributed by atoms with Crippen LogP contribution in [0.2, 0.25) is 10.0 Å². The van der Waals surface area contributed by atoms with E-state index in [9.17, 15) is 9.59 Å².